The number of H-pyrrole nitrogens is 1. The van der Waals surface area contributed by atoms with Crippen LogP contribution in [0.2, 0.25) is 0 Å². The van der Waals surface area contributed by atoms with Gasteiger partial charge in [0.05, 0.1) is 27.2 Å². The van der Waals surface area contributed by atoms with E-state index in [9.17, 15) is 40.8 Å². The number of benzene rings is 1. The number of nitrogens with zero attached hydrogens (tertiary/aromatic N) is 1. The zero-order valence-corrected chi connectivity index (χ0v) is 41.4. The number of likely N-dealkylation sites (N-methyl/N-ethyl adjacent to an activating group) is 1. The van der Waals surface area contributed by atoms with Crippen molar-refractivity contribution in [1.82, 2.24) is 25.2 Å². The number of sulfonamides is 1. The summed E-state index contributed by atoms with van der Waals surface area (Å²) in [6.07, 6.45) is 0.578. The number of aromatic amines is 1. The van der Waals surface area contributed by atoms with Gasteiger partial charge < -0.3 is 35.3 Å². The average molecular weight is 959 g/mol. The van der Waals surface area contributed by atoms with E-state index in [2.05, 4.69) is 44.4 Å². The highest BCUT2D eigenvalue weighted by molar-refractivity contribution is 7.95. The van der Waals surface area contributed by atoms with E-state index >= 15 is 0 Å². The molecule has 65 heavy (non-hydrogen) atoms. The van der Waals surface area contributed by atoms with Gasteiger partial charge in [-0.05, 0) is 124 Å². The molecule has 4 heterocycles. The predicted molar refractivity (Wildman–Crippen MR) is 249 cm³/mol. The lowest BCUT2D eigenvalue weighted by atomic mass is 9.85. The molecule has 5 N–H and O–H groups in total. The Hall–Kier alpha value is -4.89. The fourth-order valence-corrected chi connectivity index (χ4v) is 12.7. The minimum Gasteiger partial charge on any atom is -0.461 e. The van der Waals surface area contributed by atoms with Gasteiger partial charge in [0.2, 0.25) is 5.91 Å². The number of hydrogen-bond acceptors (Lipinski definition) is 14. The number of anilines is 1. The molecule has 0 bridgehead atoms. The first-order chi connectivity index (χ1) is 30.3. The fourth-order valence-electron chi connectivity index (χ4n) is 7.56. The monoisotopic (exact) mass is 958 g/mol. The molecule has 0 radical (unpaired) electrons. The van der Waals surface area contributed by atoms with Gasteiger partial charge in [0.25, 0.3) is 21.8 Å². The summed E-state index contributed by atoms with van der Waals surface area (Å²) >= 11 is 0.591. The van der Waals surface area contributed by atoms with Crippen molar-refractivity contribution in [2.24, 2.45) is 10.8 Å². The maximum absolute atomic E-state index is 13.5. The Balaban J connectivity index is 1.19. The Labute approximate surface area is 385 Å². The second kappa shape index (κ2) is 19.9. The van der Waals surface area contributed by atoms with Crippen molar-refractivity contribution in [2.75, 3.05) is 38.0 Å². The molecule has 1 aromatic carbocycles. The molecule has 2 aliphatic heterocycles. The molecule has 20 heteroatoms. The van der Waals surface area contributed by atoms with Crippen molar-refractivity contribution in [3.63, 3.8) is 0 Å². The first-order valence-electron chi connectivity index (χ1n) is 21.8. The largest absolute Gasteiger partial charge is 0.461 e. The number of esters is 2. The Kier molecular flexibility index (Phi) is 15.7. The van der Waals surface area contributed by atoms with Crippen LogP contribution in [0.25, 0.3) is 11.6 Å². The van der Waals surface area contributed by atoms with E-state index in [1.807, 2.05) is 6.92 Å². The minimum atomic E-state index is -4.52. The smallest absolute Gasteiger partial charge is 0.311 e. The Morgan fingerprint density at radius 1 is 1.06 bits per heavy atom. The summed E-state index contributed by atoms with van der Waals surface area (Å²) in [5.41, 5.74) is 1.25. The van der Waals surface area contributed by atoms with Crippen LogP contribution in [0.3, 0.4) is 0 Å². The lowest BCUT2D eigenvalue weighted by Crippen LogP contribution is -2.48. The summed E-state index contributed by atoms with van der Waals surface area (Å²) in [6, 6.07) is 5.62. The third kappa shape index (κ3) is 11.0. The number of ether oxygens (including phenoxy) is 2. The molecule has 0 aliphatic carbocycles. The summed E-state index contributed by atoms with van der Waals surface area (Å²) in [5.74, 6) is -2.79. The van der Waals surface area contributed by atoms with E-state index in [4.69, 9.17) is 9.47 Å². The van der Waals surface area contributed by atoms with Crippen molar-refractivity contribution in [1.29, 1.82) is 0 Å². The molecule has 3 atom stereocenters. The van der Waals surface area contributed by atoms with E-state index in [1.54, 1.807) is 52.8 Å². The molecular formula is C45H62N6O11S3. The number of sulfone groups is 1. The van der Waals surface area contributed by atoms with Crippen molar-refractivity contribution in [3.8, 4) is 5.75 Å². The molecule has 0 fully saturated rings. The van der Waals surface area contributed by atoms with Gasteiger partial charge in [0.15, 0.2) is 9.84 Å². The Morgan fingerprint density at radius 3 is 2.38 bits per heavy atom. The number of nitrogens with one attached hydrogen (secondary N) is 5. The number of rotatable bonds is 19. The van der Waals surface area contributed by atoms with Crippen molar-refractivity contribution in [3.05, 3.63) is 57.9 Å². The quantitative estimate of drug-likeness (QED) is 0.0556. The molecule has 3 amide bonds. The molecule has 2 aromatic heterocycles. The minimum absolute atomic E-state index is 0.0101. The van der Waals surface area contributed by atoms with Crippen LogP contribution < -0.4 is 25.4 Å². The number of aryl methyl sites for hydroxylation is 1. The van der Waals surface area contributed by atoms with E-state index in [0.717, 1.165) is 19.6 Å². The number of carbonyl (C=O) groups excluding carboxylic acids is 5. The molecule has 0 saturated heterocycles. The SMILES string of the molecule is CCN[C@H]1C[C@H](C)S(=O)(=O)c2sc(S(=O)(=O)NC(=O)C(C)(C)[C@H](C)OC(=O)C(C)(C)CCC(=O)Oc3ccc4c(c3)/C(=C/c3[nH]c(C)c(C(=O)NCCN(CC)CC)c3C)C(=O)N4)cc21. The molecular weight excluding hydrogens is 897 g/mol. The standard InChI is InChI=1S/C45H62N6O11S3/c1-12-46-35-21-25(4)64(57,58)41-32(35)24-37(63-41)65(59,60)50-42(55)45(10,11)28(7)61-43(56)44(8,9)18-17-36(52)62-29-15-16-33-30(22-29)31(39(53)49-33)23-34-26(5)38(27(6)48-34)40(54)47-19-20-51(13-2)14-3/h15-16,22-25,28,35,46,48H,12-14,17-21H2,1-11H3,(H,47,54)(H,49,53)(H,50,55)/b31-23-/t25-,28-,35-/m0/s1. The maximum atomic E-state index is 13.5. The van der Waals surface area contributed by atoms with Crippen LogP contribution in [0, 0.1) is 24.7 Å². The highest BCUT2D eigenvalue weighted by Crippen LogP contribution is 2.43. The van der Waals surface area contributed by atoms with Crippen LogP contribution >= 0.6 is 11.3 Å². The molecule has 5 rings (SSSR count). The van der Waals surface area contributed by atoms with E-state index in [-0.39, 0.29) is 51.3 Å². The van der Waals surface area contributed by atoms with Crippen LogP contribution in [0.1, 0.15) is 126 Å². The van der Waals surface area contributed by atoms with Crippen LogP contribution in [0.5, 0.6) is 5.75 Å². The topological polar surface area (TPSA) is 239 Å². The summed E-state index contributed by atoms with van der Waals surface area (Å²) in [7, 11) is -8.29. The number of amides is 3. The molecule has 17 nitrogen and oxygen atoms in total. The molecule has 0 spiro atoms. The van der Waals surface area contributed by atoms with Gasteiger partial charge in [-0.15, -0.1) is 11.3 Å². The molecule has 3 aromatic rings. The Bertz CT molecular complexity index is 2610. The second-order valence-electron chi connectivity index (χ2n) is 17.7. The van der Waals surface area contributed by atoms with Gasteiger partial charge in [-0.2, -0.15) is 0 Å². The van der Waals surface area contributed by atoms with E-state index in [1.165, 1.54) is 32.9 Å². The number of thiophene rings is 1. The van der Waals surface area contributed by atoms with Gasteiger partial charge in [0, 0.05) is 53.8 Å². The summed E-state index contributed by atoms with van der Waals surface area (Å²) < 4.78 is 66.2. The van der Waals surface area contributed by atoms with Gasteiger partial charge in [-0.25, -0.2) is 21.6 Å². The second-order valence-corrected chi connectivity index (χ2v) is 23.3. The molecule has 0 unspecified atom stereocenters. The first kappa shape index (κ1) is 51.1. The normalized spacial score (nSPS) is 18.2. The van der Waals surface area contributed by atoms with Gasteiger partial charge >= 0.3 is 11.9 Å². The summed E-state index contributed by atoms with van der Waals surface area (Å²) in [5, 5.41) is 8.27. The number of hydrogen-bond donors (Lipinski definition) is 5. The maximum Gasteiger partial charge on any atom is 0.311 e. The number of fused-ring (bicyclic) bond motifs is 2. The van der Waals surface area contributed by atoms with E-state index < -0.39 is 59.9 Å². The number of aromatic nitrogens is 1. The third-order valence-corrected chi connectivity index (χ3v) is 18.1. The summed E-state index contributed by atoms with van der Waals surface area (Å²) in [4.78, 5) is 71.8. The number of carbonyl (C=O) groups is 5. The van der Waals surface area contributed by atoms with Crippen LogP contribution in [0.4, 0.5) is 5.69 Å². The zero-order valence-electron chi connectivity index (χ0n) is 38.9. The third-order valence-electron chi connectivity index (χ3n) is 12.4. The lowest BCUT2D eigenvalue weighted by molar-refractivity contribution is -0.167. The average Bonchev–Trinajstić information content (AvgIpc) is 3.91. The first-order valence-corrected chi connectivity index (χ1v) is 25.6. The summed E-state index contributed by atoms with van der Waals surface area (Å²) in [6.45, 7) is 22.1. The fraction of sp³-hybridized carbons (Fsp3) is 0.533. The van der Waals surface area contributed by atoms with Gasteiger partial charge in [0.1, 0.15) is 20.3 Å². The van der Waals surface area contributed by atoms with Crippen molar-refractivity contribution in [2.45, 2.75) is 121 Å². The van der Waals surface area contributed by atoms with Gasteiger partial charge in [-0.1, -0.05) is 20.8 Å². The molecule has 0 saturated carbocycles. The van der Waals surface area contributed by atoms with Crippen LogP contribution in [-0.2, 0) is 43.8 Å². The van der Waals surface area contributed by atoms with Crippen LogP contribution in [-0.4, -0.2) is 100 Å². The van der Waals surface area contributed by atoms with Gasteiger partial charge in [-0.3, -0.25) is 24.0 Å². The highest BCUT2D eigenvalue weighted by Gasteiger charge is 2.44. The Morgan fingerprint density at radius 2 is 1.74 bits per heavy atom. The van der Waals surface area contributed by atoms with Crippen LogP contribution in [0.15, 0.2) is 32.7 Å². The van der Waals surface area contributed by atoms with Crippen molar-refractivity contribution >= 4 is 78.2 Å². The molecule has 2 aliphatic rings. The van der Waals surface area contributed by atoms with E-state index in [0.29, 0.717) is 69.3 Å². The van der Waals surface area contributed by atoms with Crippen molar-refractivity contribution < 1.29 is 50.3 Å². The zero-order chi connectivity index (χ0) is 48.4. The predicted octanol–water partition coefficient (Wildman–Crippen LogP) is 5.65. The molecule has 356 valence electrons. The highest BCUT2D eigenvalue weighted by atomic mass is 32.3. The lowest BCUT2D eigenvalue weighted by Gasteiger charge is -2.32.